The number of aromatic nitrogens is 1. The quantitative estimate of drug-likeness (QED) is 0.847. The van der Waals surface area contributed by atoms with Crippen molar-refractivity contribution in [3.63, 3.8) is 0 Å². The first-order valence-electron chi connectivity index (χ1n) is 7.17. The minimum Gasteiger partial charge on any atom is -0.382 e. The molecule has 1 aliphatic rings. The molecule has 1 unspecified atom stereocenters. The summed E-state index contributed by atoms with van der Waals surface area (Å²) >= 11 is 1.34. The molecular weight excluding hydrogens is 308 g/mol. The van der Waals surface area contributed by atoms with Crippen molar-refractivity contribution in [2.45, 2.75) is 25.7 Å². The number of nitrogens with two attached hydrogens (primary N) is 1. The first-order chi connectivity index (χ1) is 10.1. The number of thiazole rings is 1. The Labute approximate surface area is 131 Å². The van der Waals surface area contributed by atoms with E-state index in [1.165, 1.54) is 24.2 Å². The zero-order chi connectivity index (χ0) is 15.2. The van der Waals surface area contributed by atoms with Gasteiger partial charge in [-0.05, 0) is 12.8 Å². The van der Waals surface area contributed by atoms with Crippen molar-refractivity contribution in [3.8, 4) is 0 Å². The van der Waals surface area contributed by atoms with Crippen molar-refractivity contribution >= 4 is 39.0 Å². The third-order valence-corrected chi connectivity index (χ3v) is 5.31. The Hall–Kier alpha value is -1.15. The fourth-order valence-corrected chi connectivity index (χ4v) is 3.61. The number of carbonyl (C=O) groups excluding carboxylic acids is 1. The lowest BCUT2D eigenvalue weighted by Gasteiger charge is -2.18. The van der Waals surface area contributed by atoms with Crippen LogP contribution in [0.4, 0.5) is 10.9 Å². The van der Waals surface area contributed by atoms with E-state index in [0.717, 1.165) is 31.1 Å². The molecule has 0 aliphatic carbocycles. The van der Waals surface area contributed by atoms with Gasteiger partial charge in [-0.15, -0.1) is 0 Å². The third kappa shape index (κ3) is 4.67. The van der Waals surface area contributed by atoms with Crippen molar-refractivity contribution < 1.29 is 9.00 Å². The van der Waals surface area contributed by atoms with Crippen molar-refractivity contribution in [3.05, 3.63) is 4.88 Å². The van der Waals surface area contributed by atoms with Crippen LogP contribution >= 0.6 is 11.3 Å². The second kappa shape index (κ2) is 7.74. The maximum absolute atomic E-state index is 12.1. The molecule has 1 saturated heterocycles. The Bertz CT molecular complexity index is 510. The van der Waals surface area contributed by atoms with Crippen LogP contribution in [0, 0.1) is 0 Å². The second-order valence-corrected chi connectivity index (χ2v) is 7.68. The lowest BCUT2D eigenvalue weighted by atomic mass is 10.2. The van der Waals surface area contributed by atoms with Crippen molar-refractivity contribution in [2.75, 3.05) is 42.3 Å². The molecule has 1 amide bonds. The topological polar surface area (TPSA) is 88.3 Å². The summed E-state index contributed by atoms with van der Waals surface area (Å²) in [6.45, 7) is 2.34. The first kappa shape index (κ1) is 16.2. The number of anilines is 2. The molecule has 21 heavy (non-hydrogen) atoms. The molecule has 1 aromatic heterocycles. The van der Waals surface area contributed by atoms with E-state index in [1.807, 2.05) is 0 Å². The van der Waals surface area contributed by atoms with Gasteiger partial charge in [-0.2, -0.15) is 0 Å². The van der Waals surface area contributed by atoms with Gasteiger partial charge in [0.15, 0.2) is 5.13 Å². The van der Waals surface area contributed by atoms with E-state index in [2.05, 4.69) is 15.2 Å². The number of rotatable bonds is 5. The van der Waals surface area contributed by atoms with Crippen LogP contribution in [0.1, 0.15) is 35.4 Å². The SMILES string of the molecule is CS(=O)CCNC(=O)c1sc(N2CCCCCC2)nc1N. The maximum Gasteiger partial charge on any atom is 0.265 e. The lowest BCUT2D eigenvalue weighted by Crippen LogP contribution is -2.27. The van der Waals surface area contributed by atoms with Crippen LogP contribution in [0.3, 0.4) is 0 Å². The highest BCUT2D eigenvalue weighted by molar-refractivity contribution is 7.84. The van der Waals surface area contributed by atoms with Gasteiger partial charge >= 0.3 is 0 Å². The highest BCUT2D eigenvalue weighted by Gasteiger charge is 2.20. The van der Waals surface area contributed by atoms with E-state index in [0.29, 0.717) is 17.2 Å². The summed E-state index contributed by atoms with van der Waals surface area (Å²) in [5, 5.41) is 3.57. The molecule has 1 aromatic rings. The predicted octanol–water partition coefficient (Wildman–Crippen LogP) is 1.21. The molecule has 3 N–H and O–H groups in total. The van der Waals surface area contributed by atoms with Crippen LogP contribution in [0.2, 0.25) is 0 Å². The average molecular weight is 330 g/mol. The van der Waals surface area contributed by atoms with Crippen LogP contribution in [-0.4, -0.2) is 46.7 Å². The normalized spacial score (nSPS) is 17.3. The van der Waals surface area contributed by atoms with Crippen molar-refractivity contribution in [1.29, 1.82) is 0 Å². The van der Waals surface area contributed by atoms with Crippen molar-refractivity contribution in [2.24, 2.45) is 0 Å². The first-order valence-corrected chi connectivity index (χ1v) is 9.72. The third-order valence-electron chi connectivity index (χ3n) is 3.40. The summed E-state index contributed by atoms with van der Waals surface area (Å²) in [7, 11) is -0.911. The number of carbonyl (C=O) groups is 1. The van der Waals surface area contributed by atoms with E-state index in [1.54, 1.807) is 6.26 Å². The fourth-order valence-electron chi connectivity index (χ4n) is 2.27. The molecule has 0 radical (unpaired) electrons. The minimum absolute atomic E-state index is 0.225. The average Bonchev–Trinajstić information content (AvgIpc) is 2.64. The van der Waals surface area contributed by atoms with Crippen LogP contribution < -0.4 is 16.0 Å². The van der Waals surface area contributed by atoms with E-state index in [-0.39, 0.29) is 11.7 Å². The molecule has 1 atom stereocenters. The number of hydrogen-bond donors (Lipinski definition) is 2. The summed E-state index contributed by atoms with van der Waals surface area (Å²) in [6.07, 6.45) is 6.43. The van der Waals surface area contributed by atoms with E-state index >= 15 is 0 Å². The van der Waals surface area contributed by atoms with Gasteiger partial charge < -0.3 is 16.0 Å². The molecule has 0 bridgehead atoms. The molecule has 0 saturated carbocycles. The van der Waals surface area contributed by atoms with Gasteiger partial charge in [-0.3, -0.25) is 9.00 Å². The van der Waals surface area contributed by atoms with Gasteiger partial charge in [-0.1, -0.05) is 24.2 Å². The Morgan fingerprint density at radius 3 is 2.67 bits per heavy atom. The van der Waals surface area contributed by atoms with Gasteiger partial charge in [0, 0.05) is 42.4 Å². The van der Waals surface area contributed by atoms with Gasteiger partial charge in [-0.25, -0.2) is 4.98 Å². The minimum atomic E-state index is -0.911. The molecular formula is C13H22N4O2S2. The van der Waals surface area contributed by atoms with Crippen LogP contribution in [0.15, 0.2) is 0 Å². The van der Waals surface area contributed by atoms with Gasteiger partial charge in [0.25, 0.3) is 5.91 Å². The number of nitrogens with zero attached hydrogens (tertiary/aromatic N) is 2. The maximum atomic E-state index is 12.1. The number of amides is 1. The number of nitrogens with one attached hydrogen (secondary N) is 1. The Balaban J connectivity index is 2.00. The van der Waals surface area contributed by atoms with E-state index < -0.39 is 10.8 Å². The van der Waals surface area contributed by atoms with E-state index in [9.17, 15) is 9.00 Å². The van der Waals surface area contributed by atoms with Crippen LogP contribution in [0.5, 0.6) is 0 Å². The fraction of sp³-hybridized carbons (Fsp3) is 0.692. The largest absolute Gasteiger partial charge is 0.382 e. The molecule has 2 heterocycles. The molecule has 8 heteroatoms. The molecule has 6 nitrogen and oxygen atoms in total. The lowest BCUT2D eigenvalue weighted by molar-refractivity contribution is 0.0961. The monoisotopic (exact) mass is 330 g/mol. The molecule has 0 spiro atoms. The van der Waals surface area contributed by atoms with E-state index in [4.69, 9.17) is 5.73 Å². The highest BCUT2D eigenvalue weighted by atomic mass is 32.2. The van der Waals surface area contributed by atoms with Crippen molar-refractivity contribution in [1.82, 2.24) is 10.3 Å². The molecule has 118 valence electrons. The highest BCUT2D eigenvalue weighted by Crippen LogP contribution is 2.29. The summed E-state index contributed by atoms with van der Waals surface area (Å²) < 4.78 is 11.0. The van der Waals surface area contributed by atoms with Gasteiger partial charge in [0.1, 0.15) is 10.7 Å². The summed E-state index contributed by atoms with van der Waals surface area (Å²) in [6, 6.07) is 0. The zero-order valence-corrected chi connectivity index (χ0v) is 13.9. The summed E-state index contributed by atoms with van der Waals surface area (Å²) in [4.78, 5) is 19.1. The molecule has 1 fully saturated rings. The smallest absolute Gasteiger partial charge is 0.265 e. The Kier molecular flexibility index (Phi) is 5.98. The van der Waals surface area contributed by atoms with Crippen LogP contribution in [0.25, 0.3) is 0 Å². The molecule has 1 aliphatic heterocycles. The second-order valence-electron chi connectivity index (χ2n) is 5.15. The standard InChI is InChI=1S/C13H22N4O2S2/c1-21(19)9-6-15-12(18)10-11(14)16-13(20-10)17-7-4-2-3-5-8-17/h2-9,14H2,1H3,(H,15,18). The number of nitrogen functional groups attached to an aromatic ring is 1. The van der Waals surface area contributed by atoms with Gasteiger partial charge in [0.05, 0.1) is 0 Å². The number of hydrogen-bond acceptors (Lipinski definition) is 6. The molecule has 0 aromatic carbocycles. The summed E-state index contributed by atoms with van der Waals surface area (Å²) in [5.74, 6) is 0.509. The summed E-state index contributed by atoms with van der Waals surface area (Å²) in [5.41, 5.74) is 5.87. The van der Waals surface area contributed by atoms with Gasteiger partial charge in [0.2, 0.25) is 0 Å². The zero-order valence-electron chi connectivity index (χ0n) is 12.3. The predicted molar refractivity (Wildman–Crippen MR) is 88.5 cm³/mol. The van der Waals surface area contributed by atoms with Crippen LogP contribution in [-0.2, 0) is 10.8 Å². The Morgan fingerprint density at radius 2 is 2.05 bits per heavy atom. The Morgan fingerprint density at radius 1 is 1.38 bits per heavy atom. The molecule has 2 rings (SSSR count).